The van der Waals surface area contributed by atoms with Gasteiger partial charge in [0.2, 0.25) is 27.2 Å². The second-order valence-electron chi connectivity index (χ2n) is 24.8. The molecule has 16 heteroatoms. The van der Waals surface area contributed by atoms with Crippen LogP contribution in [0.5, 0.6) is 46.0 Å². The maximum absolute atomic E-state index is 7.30. The van der Waals surface area contributed by atoms with Crippen molar-refractivity contribution in [1.29, 1.82) is 0 Å². The maximum Gasteiger partial charge on any atom is 0.230 e. The number of ether oxygens (including phenoxy) is 8. The number of hydrogen-bond acceptors (Lipinski definition) is 16. The quantitative estimate of drug-likeness (QED) is 0.0891. The molecule has 96 heavy (non-hydrogen) atoms. The molecule has 472 valence electrons. The lowest BCUT2D eigenvalue weighted by Gasteiger charge is -2.38. The van der Waals surface area contributed by atoms with E-state index in [1.807, 2.05) is 49.6 Å². The lowest BCUT2D eigenvalue weighted by molar-refractivity contribution is 0.101. The molecule has 8 aromatic carbocycles. The fourth-order valence-corrected chi connectivity index (χ4v) is 15.2. The second kappa shape index (κ2) is 25.8. The third-order valence-electron chi connectivity index (χ3n) is 19.4. The van der Waals surface area contributed by atoms with Gasteiger partial charge in [0, 0.05) is 140 Å². The van der Waals surface area contributed by atoms with Gasteiger partial charge in [-0.3, -0.25) is 0 Å². The zero-order valence-corrected chi connectivity index (χ0v) is 52.4. The van der Waals surface area contributed by atoms with Gasteiger partial charge in [-0.25, -0.2) is 39.9 Å². The van der Waals surface area contributed by atoms with E-state index in [1.54, 1.807) is 25.3 Å². The Balaban J connectivity index is 1.07. The SMILES string of the molecule is c1ccc(CCC2c3cc4c5c(-c6cncnc6)c3OCOc3c2cc2c(c3-c3cncnc3)OCOc3c(cc6c(c3-c3cncnc3)OCOc3c(cc(c(c3-c3cncnc3)OCO5)C4CCc3ccccc3)C6CCc3ccccc3)C2CCc2ccccc2)cc1. The van der Waals surface area contributed by atoms with E-state index in [2.05, 4.69) is 185 Å². The van der Waals surface area contributed by atoms with Crippen LogP contribution >= 0.6 is 0 Å². The van der Waals surface area contributed by atoms with Crippen molar-refractivity contribution in [1.82, 2.24) is 39.9 Å². The number of hydrogen-bond donors (Lipinski definition) is 0. The molecule has 0 spiro atoms. The lowest BCUT2D eigenvalue weighted by Crippen LogP contribution is -2.24. The van der Waals surface area contributed by atoms with Gasteiger partial charge in [0.15, 0.2) is 0 Å². The van der Waals surface area contributed by atoms with E-state index >= 15 is 0 Å². The molecule has 0 saturated carbocycles. The Morgan fingerprint density at radius 1 is 0.240 bits per heavy atom. The number of rotatable bonds is 16. The average molecular weight is 1270 g/mol. The first-order chi connectivity index (χ1) is 47.7. The molecule has 0 atom stereocenters. The number of nitrogens with zero attached hydrogens (tertiary/aromatic N) is 8. The minimum Gasteiger partial charge on any atom is -0.456 e. The molecule has 0 radical (unpaired) electrons. The van der Waals surface area contributed by atoms with E-state index in [4.69, 9.17) is 37.9 Å². The van der Waals surface area contributed by atoms with E-state index in [1.165, 1.54) is 22.3 Å². The lowest BCUT2D eigenvalue weighted by atomic mass is 9.73. The molecular weight excluding hydrogens is 1200 g/mol. The first kappa shape index (κ1) is 58.3. The van der Waals surface area contributed by atoms with Gasteiger partial charge < -0.3 is 37.9 Å². The van der Waals surface area contributed by atoms with E-state index < -0.39 is 23.7 Å². The van der Waals surface area contributed by atoms with Crippen molar-refractivity contribution in [2.24, 2.45) is 0 Å². The summed E-state index contributed by atoms with van der Waals surface area (Å²) >= 11 is 0. The molecule has 0 unspecified atom stereocenters. The van der Waals surface area contributed by atoms with Gasteiger partial charge in [0.05, 0.1) is 22.3 Å². The van der Waals surface area contributed by atoms with Crippen LogP contribution in [0.3, 0.4) is 0 Å². The number of aromatic nitrogens is 8. The number of benzene rings is 8. The van der Waals surface area contributed by atoms with Gasteiger partial charge in [0.1, 0.15) is 71.3 Å². The van der Waals surface area contributed by atoms with Gasteiger partial charge >= 0.3 is 0 Å². The second-order valence-corrected chi connectivity index (χ2v) is 24.8. The summed E-state index contributed by atoms with van der Waals surface area (Å²) in [6.07, 6.45) is 26.1. The predicted molar refractivity (Wildman–Crippen MR) is 361 cm³/mol. The third-order valence-corrected chi connectivity index (χ3v) is 19.4. The van der Waals surface area contributed by atoms with Crippen molar-refractivity contribution in [3.63, 3.8) is 0 Å². The monoisotopic (exact) mass is 1260 g/mol. The smallest absolute Gasteiger partial charge is 0.230 e. The van der Waals surface area contributed by atoms with Gasteiger partial charge in [-0.15, -0.1) is 0 Å². The molecule has 16 bridgehead atoms. The van der Waals surface area contributed by atoms with E-state index in [0.717, 1.165) is 44.5 Å². The fourth-order valence-electron chi connectivity index (χ4n) is 15.2. The third kappa shape index (κ3) is 10.9. The topological polar surface area (TPSA) is 177 Å². The Kier molecular flexibility index (Phi) is 15.6. The Labute approximate surface area is 555 Å². The summed E-state index contributed by atoms with van der Waals surface area (Å²) in [4.78, 5) is 37.5. The van der Waals surface area contributed by atoms with Crippen LogP contribution in [-0.4, -0.2) is 67.0 Å². The standard InChI is InChI=1S/C80H64N8O8/c1-5-13-49(14-6-1)21-25-57-61-29-63-58(26-22-50-15-7-2-8-16-50)65-31-67-60(28-24-52-19-11-4-12-20-52)68-32-66-59(27-23-51-17-9-3-10-18-51)64-30-62(57)74-70(54-35-83-42-84-36-54)76(64)92-47-94-78(66)72(56-39-87-44-88-40-56)80(68)96-48-95-79(67)71(55-37-85-43-86-38-55)77(65)93-46-91-75(63)69(73(61)89-45-90-74)53-33-81-41-82-34-53/h1-20,29-44,57-60H,21-28,45-48H2. The summed E-state index contributed by atoms with van der Waals surface area (Å²) in [5.74, 6) is 2.97. The van der Waals surface area contributed by atoms with Crippen molar-refractivity contribution in [2.45, 2.75) is 75.0 Å². The molecular formula is C80H64N8O8. The van der Waals surface area contributed by atoms with Crippen molar-refractivity contribution in [3.05, 3.63) is 287 Å². The minimum absolute atomic E-state index is 0.203. The number of aryl methyl sites for hydroxylation is 4. The molecule has 17 rings (SSSR count). The van der Waals surface area contributed by atoms with Gasteiger partial charge in [-0.2, -0.15) is 0 Å². The van der Waals surface area contributed by atoms with Crippen LogP contribution in [0.2, 0.25) is 0 Å². The zero-order chi connectivity index (χ0) is 63.7. The Hall–Kier alpha value is -11.5. The van der Waals surface area contributed by atoms with Gasteiger partial charge in [-0.1, -0.05) is 121 Å². The molecule has 1 aliphatic carbocycles. The van der Waals surface area contributed by atoms with Crippen molar-refractivity contribution >= 4 is 0 Å². The molecule has 0 amide bonds. The van der Waals surface area contributed by atoms with Crippen molar-refractivity contribution in [2.75, 3.05) is 27.2 Å². The fraction of sp³-hybridized carbons (Fsp3) is 0.200. The molecule has 0 N–H and O–H groups in total. The van der Waals surface area contributed by atoms with Crippen molar-refractivity contribution < 1.29 is 37.9 Å². The van der Waals surface area contributed by atoms with Gasteiger partial charge in [0.25, 0.3) is 0 Å². The van der Waals surface area contributed by atoms with E-state index in [-0.39, 0.29) is 27.2 Å². The van der Waals surface area contributed by atoms with Crippen LogP contribution in [0.1, 0.15) is 116 Å². The van der Waals surface area contributed by atoms with Crippen LogP contribution in [0.25, 0.3) is 44.5 Å². The average Bonchev–Trinajstić information content (AvgIpc) is 0.722. The summed E-state index contributed by atoms with van der Waals surface area (Å²) in [6, 6.07) is 52.1. The zero-order valence-electron chi connectivity index (χ0n) is 52.4. The summed E-state index contributed by atoms with van der Waals surface area (Å²) in [6.45, 7) is -0.811. The van der Waals surface area contributed by atoms with Gasteiger partial charge in [-0.05, 0) is 97.9 Å². The van der Waals surface area contributed by atoms with Crippen molar-refractivity contribution in [3.8, 4) is 90.5 Å². The highest BCUT2D eigenvalue weighted by Gasteiger charge is 2.43. The molecule has 12 aromatic rings. The summed E-state index contributed by atoms with van der Waals surface area (Å²) in [7, 11) is 0. The Morgan fingerprint density at radius 2 is 0.417 bits per heavy atom. The molecule has 4 aromatic heterocycles. The largest absolute Gasteiger partial charge is 0.456 e. The predicted octanol–water partition coefficient (Wildman–Crippen LogP) is 15.8. The van der Waals surface area contributed by atoms with Crippen LogP contribution in [0.4, 0.5) is 0 Å². The minimum atomic E-state index is -0.433. The highest BCUT2D eigenvalue weighted by molar-refractivity contribution is 5.88. The Morgan fingerprint density at radius 3 is 0.594 bits per heavy atom. The molecule has 5 aliphatic rings. The van der Waals surface area contributed by atoms with Crippen LogP contribution < -0.4 is 37.9 Å². The molecule has 4 aliphatic heterocycles. The first-order valence-corrected chi connectivity index (χ1v) is 32.7. The normalized spacial score (nSPS) is 16.8. The Bertz CT molecular complexity index is 4070. The van der Waals surface area contributed by atoms with Crippen LogP contribution in [0, 0.1) is 0 Å². The molecule has 16 nitrogen and oxygen atoms in total. The molecule has 8 heterocycles. The first-order valence-electron chi connectivity index (χ1n) is 32.7. The molecule has 0 saturated heterocycles. The maximum atomic E-state index is 7.30. The summed E-state index contributed by atoms with van der Waals surface area (Å²) in [5.41, 5.74) is 17.8. The molecule has 0 fully saturated rings. The highest BCUT2D eigenvalue weighted by Crippen LogP contribution is 2.62. The summed E-state index contributed by atoms with van der Waals surface area (Å²) in [5, 5.41) is 0. The van der Waals surface area contributed by atoms with Crippen LogP contribution in [0.15, 0.2) is 220 Å². The van der Waals surface area contributed by atoms with E-state index in [0.29, 0.717) is 142 Å². The summed E-state index contributed by atoms with van der Waals surface area (Å²) < 4.78 is 58.4. The highest BCUT2D eigenvalue weighted by atomic mass is 16.7. The van der Waals surface area contributed by atoms with Crippen LogP contribution in [-0.2, 0) is 25.7 Å². The van der Waals surface area contributed by atoms with E-state index in [9.17, 15) is 0 Å².